The monoisotopic (exact) mass is 327 g/mol. The summed E-state index contributed by atoms with van der Waals surface area (Å²) in [7, 11) is 0. The van der Waals surface area contributed by atoms with Crippen molar-refractivity contribution < 1.29 is 0 Å². The third-order valence-corrected chi connectivity index (χ3v) is 3.37. The lowest BCUT2D eigenvalue weighted by Gasteiger charge is -2.08. The van der Waals surface area contributed by atoms with E-state index in [9.17, 15) is 0 Å². The van der Waals surface area contributed by atoms with Crippen molar-refractivity contribution >= 4 is 37.7 Å². The van der Waals surface area contributed by atoms with Crippen LogP contribution in [0.4, 0.5) is 5.82 Å². The lowest BCUT2D eigenvalue weighted by molar-refractivity contribution is 1.29. The van der Waals surface area contributed by atoms with Crippen LogP contribution in [0.25, 0.3) is 11.1 Å². The molecule has 2 rings (SSSR count). The number of nitrogens with two attached hydrogens (primary N) is 1. The average molecular weight is 329 g/mol. The van der Waals surface area contributed by atoms with Crippen molar-refractivity contribution in [3.8, 4) is 11.1 Å². The number of rotatable bonds is 1. The summed E-state index contributed by atoms with van der Waals surface area (Å²) in [4.78, 5) is 8.01. The predicted molar refractivity (Wildman–Crippen MR) is 67.3 cm³/mol. The maximum Gasteiger partial charge on any atom is 0.138 e. The Bertz CT molecular complexity index is 486. The van der Waals surface area contributed by atoms with E-state index >= 15 is 0 Å². The highest BCUT2D eigenvalue weighted by molar-refractivity contribution is 9.11. The summed E-state index contributed by atoms with van der Waals surface area (Å²) in [6, 6.07) is 3.84. The van der Waals surface area contributed by atoms with Gasteiger partial charge in [-0.1, -0.05) is 0 Å². The Labute approximate surface area is 104 Å². The molecule has 0 aliphatic heterocycles. The molecule has 0 spiro atoms. The average Bonchev–Trinajstić information content (AvgIpc) is 2.26. The lowest BCUT2D eigenvalue weighted by Crippen LogP contribution is -1.94. The lowest BCUT2D eigenvalue weighted by atomic mass is 10.1. The van der Waals surface area contributed by atoms with Crippen molar-refractivity contribution in [2.75, 3.05) is 5.73 Å². The normalized spacial score (nSPS) is 10.3. The molecule has 0 saturated heterocycles. The van der Waals surface area contributed by atoms with E-state index in [2.05, 4.69) is 41.8 Å². The van der Waals surface area contributed by atoms with Crippen molar-refractivity contribution in [3.05, 3.63) is 39.7 Å². The van der Waals surface area contributed by atoms with Gasteiger partial charge < -0.3 is 5.73 Å². The van der Waals surface area contributed by atoms with Crippen LogP contribution in [0.3, 0.4) is 0 Å². The Balaban J connectivity index is 2.68. The maximum absolute atomic E-state index is 5.73. The Morgan fingerprint density at radius 1 is 1.13 bits per heavy atom. The first-order chi connectivity index (χ1) is 7.20. The number of hydrogen-bond donors (Lipinski definition) is 1. The van der Waals surface area contributed by atoms with Crippen molar-refractivity contribution in [1.82, 2.24) is 9.97 Å². The van der Waals surface area contributed by atoms with Gasteiger partial charge in [0.25, 0.3) is 0 Å². The fraction of sp³-hybridized carbons (Fsp3) is 0. The van der Waals surface area contributed by atoms with Crippen LogP contribution >= 0.6 is 31.9 Å². The summed E-state index contributed by atoms with van der Waals surface area (Å²) in [6.45, 7) is 0. The van der Waals surface area contributed by atoms with Crippen LogP contribution < -0.4 is 5.73 Å². The van der Waals surface area contributed by atoms with Crippen LogP contribution in [0.1, 0.15) is 0 Å². The number of anilines is 1. The first-order valence-corrected chi connectivity index (χ1v) is 5.78. The van der Waals surface area contributed by atoms with Crippen molar-refractivity contribution in [2.24, 2.45) is 0 Å². The number of aromatic nitrogens is 2. The molecule has 2 N–H and O–H groups in total. The van der Waals surface area contributed by atoms with Crippen LogP contribution in [0.2, 0.25) is 0 Å². The third kappa shape index (κ3) is 2.03. The molecular formula is C10H7Br2N3. The smallest absolute Gasteiger partial charge is 0.138 e. The van der Waals surface area contributed by atoms with Crippen LogP contribution in [-0.2, 0) is 0 Å². The Hall–Kier alpha value is -0.940. The van der Waals surface area contributed by atoms with Crippen molar-refractivity contribution in [2.45, 2.75) is 0 Å². The van der Waals surface area contributed by atoms with Gasteiger partial charge in [0, 0.05) is 28.6 Å². The van der Waals surface area contributed by atoms with E-state index in [1.807, 2.05) is 12.1 Å². The molecule has 15 heavy (non-hydrogen) atoms. The predicted octanol–water partition coefficient (Wildman–Crippen LogP) is 3.25. The maximum atomic E-state index is 5.73. The summed E-state index contributed by atoms with van der Waals surface area (Å²) < 4.78 is 1.69. The zero-order chi connectivity index (χ0) is 10.8. The van der Waals surface area contributed by atoms with E-state index < -0.39 is 0 Å². The molecule has 0 aliphatic rings. The molecule has 2 aromatic rings. The third-order valence-electron chi connectivity index (χ3n) is 1.97. The molecule has 3 nitrogen and oxygen atoms in total. The molecule has 2 heterocycles. The fourth-order valence-electron chi connectivity index (χ4n) is 1.26. The molecule has 2 aromatic heterocycles. The van der Waals surface area contributed by atoms with Crippen LogP contribution in [-0.4, -0.2) is 9.97 Å². The Kier molecular flexibility index (Phi) is 3.02. The minimum atomic E-state index is 0.477. The fourth-order valence-corrected chi connectivity index (χ4v) is 2.60. The molecular weight excluding hydrogens is 322 g/mol. The highest BCUT2D eigenvalue weighted by atomic mass is 79.9. The number of nitrogen functional groups attached to an aromatic ring is 1. The summed E-state index contributed by atoms with van der Waals surface area (Å²) in [5, 5.41) is 0. The molecule has 0 aliphatic carbocycles. The van der Waals surface area contributed by atoms with Gasteiger partial charge in [-0.15, -0.1) is 0 Å². The van der Waals surface area contributed by atoms with E-state index in [1.54, 1.807) is 18.6 Å². The van der Waals surface area contributed by atoms with Gasteiger partial charge in [-0.05, 0) is 49.6 Å². The minimum Gasteiger partial charge on any atom is -0.383 e. The minimum absolute atomic E-state index is 0.477. The van der Waals surface area contributed by atoms with Gasteiger partial charge in [0.15, 0.2) is 0 Å². The highest BCUT2D eigenvalue weighted by Crippen LogP contribution is 2.36. The van der Waals surface area contributed by atoms with Crippen molar-refractivity contribution in [1.29, 1.82) is 0 Å². The number of hydrogen-bond acceptors (Lipinski definition) is 3. The first-order valence-electron chi connectivity index (χ1n) is 4.20. The van der Waals surface area contributed by atoms with E-state index in [0.29, 0.717) is 5.82 Å². The van der Waals surface area contributed by atoms with Gasteiger partial charge in [0.05, 0.1) is 4.47 Å². The van der Waals surface area contributed by atoms with Gasteiger partial charge in [-0.3, -0.25) is 4.98 Å². The molecule has 0 bridgehead atoms. The summed E-state index contributed by atoms with van der Waals surface area (Å²) in [6.07, 6.45) is 5.17. The van der Waals surface area contributed by atoms with E-state index in [4.69, 9.17) is 5.73 Å². The van der Waals surface area contributed by atoms with Gasteiger partial charge in [-0.25, -0.2) is 4.98 Å². The van der Waals surface area contributed by atoms with E-state index in [1.165, 1.54) is 0 Å². The summed E-state index contributed by atoms with van der Waals surface area (Å²) in [5.41, 5.74) is 7.76. The van der Waals surface area contributed by atoms with Crippen LogP contribution in [0.5, 0.6) is 0 Å². The second kappa shape index (κ2) is 4.28. The van der Waals surface area contributed by atoms with E-state index in [-0.39, 0.29) is 0 Å². The molecule has 0 atom stereocenters. The number of pyridine rings is 2. The van der Waals surface area contributed by atoms with Crippen LogP contribution in [0.15, 0.2) is 39.7 Å². The highest BCUT2D eigenvalue weighted by Gasteiger charge is 2.10. The molecule has 0 unspecified atom stereocenters. The molecule has 0 fully saturated rings. The number of halogens is 2. The Morgan fingerprint density at radius 2 is 1.80 bits per heavy atom. The topological polar surface area (TPSA) is 51.8 Å². The van der Waals surface area contributed by atoms with Gasteiger partial charge >= 0.3 is 0 Å². The molecule has 5 heteroatoms. The zero-order valence-electron chi connectivity index (χ0n) is 7.61. The summed E-state index contributed by atoms with van der Waals surface area (Å²) >= 11 is 6.88. The largest absolute Gasteiger partial charge is 0.383 e. The zero-order valence-corrected chi connectivity index (χ0v) is 10.8. The molecule has 76 valence electrons. The SMILES string of the molecule is Nc1ncc(Br)c(-c2ccncc2)c1Br. The summed E-state index contributed by atoms with van der Waals surface area (Å²) in [5.74, 6) is 0.477. The van der Waals surface area contributed by atoms with Gasteiger partial charge in [0.1, 0.15) is 5.82 Å². The first kappa shape index (κ1) is 10.6. The number of nitrogens with zero attached hydrogens (tertiary/aromatic N) is 2. The van der Waals surface area contributed by atoms with Gasteiger partial charge in [-0.2, -0.15) is 0 Å². The molecule has 0 aromatic carbocycles. The van der Waals surface area contributed by atoms with Crippen molar-refractivity contribution in [3.63, 3.8) is 0 Å². The molecule has 0 saturated carbocycles. The Morgan fingerprint density at radius 3 is 2.47 bits per heavy atom. The second-order valence-electron chi connectivity index (χ2n) is 2.92. The molecule has 0 radical (unpaired) electrons. The standard InChI is InChI=1S/C10H7Br2N3/c11-7-5-15-10(13)9(12)8(7)6-1-3-14-4-2-6/h1-5H,(H2,13,15). The quantitative estimate of drug-likeness (QED) is 0.874. The second-order valence-corrected chi connectivity index (χ2v) is 4.56. The molecule has 0 amide bonds. The van der Waals surface area contributed by atoms with E-state index in [0.717, 1.165) is 20.1 Å². The van der Waals surface area contributed by atoms with Gasteiger partial charge in [0.2, 0.25) is 0 Å². The van der Waals surface area contributed by atoms with Crippen LogP contribution in [0, 0.1) is 0 Å².